The maximum Gasteiger partial charge on any atom is 0.339 e. The van der Waals surface area contributed by atoms with E-state index in [1.165, 1.54) is 0 Å². The van der Waals surface area contributed by atoms with Crippen LogP contribution in [0.1, 0.15) is 16.1 Å². The number of aryl methyl sites for hydroxylation is 1. The number of carboxylic acid groups (broad SMARTS) is 1. The van der Waals surface area contributed by atoms with Crippen molar-refractivity contribution in [2.24, 2.45) is 0 Å². The van der Waals surface area contributed by atoms with E-state index >= 15 is 0 Å². The van der Waals surface area contributed by atoms with Gasteiger partial charge in [-0.2, -0.15) is 0 Å². The van der Waals surface area contributed by atoms with E-state index in [2.05, 4.69) is 15.3 Å². The number of carboxylic acids is 1. The number of pyridine rings is 2. The third-order valence-electron chi connectivity index (χ3n) is 4.81. The van der Waals surface area contributed by atoms with Gasteiger partial charge in [-0.15, -0.1) is 0 Å². The van der Waals surface area contributed by atoms with E-state index in [9.17, 15) is 9.90 Å². The minimum Gasteiger partial charge on any atom is -0.478 e. The Labute approximate surface area is 157 Å². The molecule has 0 radical (unpaired) electrons. The molecule has 0 saturated carbocycles. The van der Waals surface area contributed by atoms with E-state index < -0.39 is 5.97 Å². The summed E-state index contributed by atoms with van der Waals surface area (Å²) in [6.45, 7) is 3.99. The number of anilines is 2. The molecule has 2 aliphatic heterocycles. The van der Waals surface area contributed by atoms with Crippen LogP contribution in [0.15, 0.2) is 36.7 Å². The van der Waals surface area contributed by atoms with E-state index in [-0.39, 0.29) is 23.8 Å². The van der Waals surface area contributed by atoms with Gasteiger partial charge >= 0.3 is 5.97 Å². The van der Waals surface area contributed by atoms with Crippen LogP contribution in [0, 0.1) is 6.92 Å². The SMILES string of the molecule is Cc1ccc(C(=O)O)c(N2C[C@@H]3OCC(Nc4cccnc4)CO[C@H]3C2)n1. The average molecular weight is 370 g/mol. The lowest BCUT2D eigenvalue weighted by Crippen LogP contribution is -2.31. The van der Waals surface area contributed by atoms with Crippen molar-refractivity contribution in [2.45, 2.75) is 25.2 Å². The van der Waals surface area contributed by atoms with Crippen LogP contribution >= 0.6 is 0 Å². The molecule has 2 aromatic heterocycles. The average Bonchev–Trinajstić information content (AvgIpc) is 2.98. The molecule has 8 nitrogen and oxygen atoms in total. The summed E-state index contributed by atoms with van der Waals surface area (Å²) < 4.78 is 12.1. The summed E-state index contributed by atoms with van der Waals surface area (Å²) in [7, 11) is 0. The normalized spacial score (nSPS) is 22.9. The molecule has 4 rings (SSSR count). The lowest BCUT2D eigenvalue weighted by molar-refractivity contribution is -0.00461. The number of hydrogen-bond acceptors (Lipinski definition) is 7. The Kier molecular flexibility index (Phi) is 4.91. The highest BCUT2D eigenvalue weighted by Gasteiger charge is 2.39. The van der Waals surface area contributed by atoms with Crippen molar-refractivity contribution in [3.8, 4) is 0 Å². The lowest BCUT2D eigenvalue weighted by atomic mass is 10.2. The van der Waals surface area contributed by atoms with Crippen molar-refractivity contribution < 1.29 is 19.4 Å². The Hall–Kier alpha value is -2.71. The summed E-state index contributed by atoms with van der Waals surface area (Å²) in [4.78, 5) is 22.0. The summed E-state index contributed by atoms with van der Waals surface area (Å²) in [5.74, 6) is -0.500. The van der Waals surface area contributed by atoms with E-state index in [0.717, 1.165) is 11.4 Å². The third kappa shape index (κ3) is 3.86. The fourth-order valence-electron chi connectivity index (χ4n) is 3.48. The Morgan fingerprint density at radius 1 is 1.22 bits per heavy atom. The molecule has 2 saturated heterocycles. The van der Waals surface area contributed by atoms with Gasteiger partial charge < -0.3 is 24.8 Å². The summed E-state index contributed by atoms with van der Waals surface area (Å²) in [6, 6.07) is 7.19. The molecule has 0 aliphatic carbocycles. The van der Waals surface area contributed by atoms with Gasteiger partial charge in [-0.1, -0.05) is 0 Å². The predicted molar refractivity (Wildman–Crippen MR) is 99.3 cm³/mol. The van der Waals surface area contributed by atoms with Gasteiger partial charge in [-0.05, 0) is 31.2 Å². The second-order valence-electron chi connectivity index (χ2n) is 6.86. The molecule has 0 aromatic carbocycles. The van der Waals surface area contributed by atoms with Crippen molar-refractivity contribution in [3.05, 3.63) is 47.9 Å². The maximum absolute atomic E-state index is 11.5. The number of hydrogen-bond donors (Lipinski definition) is 2. The number of aromatic carboxylic acids is 1. The quantitative estimate of drug-likeness (QED) is 0.837. The Morgan fingerprint density at radius 2 is 1.96 bits per heavy atom. The molecule has 0 amide bonds. The molecular formula is C19H22N4O4. The Bertz CT molecular complexity index is 801. The summed E-state index contributed by atoms with van der Waals surface area (Å²) >= 11 is 0. The third-order valence-corrected chi connectivity index (χ3v) is 4.81. The van der Waals surface area contributed by atoms with Gasteiger partial charge in [0, 0.05) is 31.2 Å². The highest BCUT2D eigenvalue weighted by Crippen LogP contribution is 2.27. The number of aromatic nitrogens is 2. The van der Waals surface area contributed by atoms with Gasteiger partial charge in [0.05, 0.1) is 24.9 Å². The first-order valence-electron chi connectivity index (χ1n) is 8.96. The van der Waals surface area contributed by atoms with Crippen LogP contribution in [0.5, 0.6) is 0 Å². The maximum atomic E-state index is 11.5. The monoisotopic (exact) mass is 370 g/mol. The van der Waals surface area contributed by atoms with Crippen molar-refractivity contribution >= 4 is 17.5 Å². The highest BCUT2D eigenvalue weighted by molar-refractivity contribution is 5.93. The zero-order chi connectivity index (χ0) is 18.8. The van der Waals surface area contributed by atoms with Crippen LogP contribution in [0.25, 0.3) is 0 Å². The fraction of sp³-hybridized carbons (Fsp3) is 0.421. The second kappa shape index (κ2) is 7.50. The molecule has 0 spiro atoms. The molecule has 2 aromatic rings. The van der Waals surface area contributed by atoms with Gasteiger partial charge in [-0.25, -0.2) is 9.78 Å². The number of carbonyl (C=O) groups is 1. The summed E-state index contributed by atoms with van der Waals surface area (Å²) in [5, 5.41) is 12.8. The predicted octanol–water partition coefficient (Wildman–Crippen LogP) is 1.57. The summed E-state index contributed by atoms with van der Waals surface area (Å²) in [5.41, 5.74) is 1.91. The Balaban J connectivity index is 1.43. The number of rotatable bonds is 4. The minimum absolute atomic E-state index is 0.0416. The molecule has 2 aliphatic rings. The molecule has 8 heteroatoms. The molecule has 27 heavy (non-hydrogen) atoms. The molecule has 2 N–H and O–H groups in total. The first-order valence-corrected chi connectivity index (χ1v) is 8.96. The molecule has 4 heterocycles. The molecule has 0 bridgehead atoms. The fourth-order valence-corrected chi connectivity index (χ4v) is 3.48. The van der Waals surface area contributed by atoms with Gasteiger partial charge in [0.15, 0.2) is 0 Å². The molecule has 0 unspecified atom stereocenters. The Morgan fingerprint density at radius 3 is 2.59 bits per heavy atom. The molecule has 2 atom stereocenters. The van der Waals surface area contributed by atoms with Crippen molar-refractivity contribution in [1.82, 2.24) is 9.97 Å². The van der Waals surface area contributed by atoms with Crippen molar-refractivity contribution in [1.29, 1.82) is 0 Å². The van der Waals surface area contributed by atoms with Crippen LogP contribution in [0.3, 0.4) is 0 Å². The minimum atomic E-state index is -0.979. The van der Waals surface area contributed by atoms with Crippen LogP contribution in [-0.4, -0.2) is 65.6 Å². The van der Waals surface area contributed by atoms with Gasteiger partial charge in [0.2, 0.25) is 0 Å². The van der Waals surface area contributed by atoms with Crippen molar-refractivity contribution in [3.63, 3.8) is 0 Å². The van der Waals surface area contributed by atoms with E-state index in [1.807, 2.05) is 24.0 Å². The van der Waals surface area contributed by atoms with Crippen LogP contribution in [0.2, 0.25) is 0 Å². The first-order chi connectivity index (χ1) is 13.1. The number of fused-ring (bicyclic) bond motifs is 1. The van der Waals surface area contributed by atoms with Crippen LogP contribution in [0.4, 0.5) is 11.5 Å². The first kappa shape index (κ1) is 17.7. The number of ether oxygens (including phenoxy) is 2. The largest absolute Gasteiger partial charge is 0.478 e. The zero-order valence-electron chi connectivity index (χ0n) is 15.0. The smallest absolute Gasteiger partial charge is 0.339 e. The van der Waals surface area contributed by atoms with Crippen LogP contribution < -0.4 is 10.2 Å². The second-order valence-corrected chi connectivity index (χ2v) is 6.86. The summed E-state index contributed by atoms with van der Waals surface area (Å²) in [6.07, 6.45) is 3.27. The van der Waals surface area contributed by atoms with Gasteiger partial charge in [0.1, 0.15) is 23.6 Å². The zero-order valence-corrected chi connectivity index (χ0v) is 15.0. The van der Waals surface area contributed by atoms with Crippen LogP contribution in [-0.2, 0) is 9.47 Å². The molecule has 2 fully saturated rings. The van der Waals surface area contributed by atoms with E-state index in [1.54, 1.807) is 24.5 Å². The molecule has 142 valence electrons. The number of nitrogens with one attached hydrogen (secondary N) is 1. The standard InChI is InChI=1S/C19H22N4O4/c1-12-4-5-15(19(24)25)18(21-12)23-8-16-17(9-23)27-11-14(10-26-16)22-13-3-2-6-20-7-13/h2-7,14,16-17,22H,8-11H2,1H3,(H,24,25)/t16-,17-/m0/s1. The van der Waals surface area contributed by atoms with Crippen molar-refractivity contribution in [2.75, 3.05) is 36.5 Å². The lowest BCUT2D eigenvalue weighted by Gasteiger charge is -2.21. The molecular weight excluding hydrogens is 348 g/mol. The van der Waals surface area contributed by atoms with E-state index in [4.69, 9.17) is 9.47 Å². The number of nitrogens with zero attached hydrogens (tertiary/aromatic N) is 3. The van der Waals surface area contributed by atoms with Gasteiger partial charge in [0.25, 0.3) is 0 Å². The topological polar surface area (TPSA) is 96.8 Å². The van der Waals surface area contributed by atoms with Gasteiger partial charge in [-0.3, -0.25) is 4.98 Å². The highest BCUT2D eigenvalue weighted by atomic mass is 16.6. The van der Waals surface area contributed by atoms with E-state index in [0.29, 0.717) is 32.1 Å².